The average Bonchev–Trinajstić information content (AvgIpc) is 2.87. The van der Waals surface area contributed by atoms with Crippen molar-refractivity contribution in [2.45, 2.75) is 19.4 Å². The summed E-state index contributed by atoms with van der Waals surface area (Å²) in [7, 11) is 0. The molecule has 5 nitrogen and oxygen atoms in total. The van der Waals surface area contributed by atoms with Gasteiger partial charge in [-0.2, -0.15) is 5.26 Å². The van der Waals surface area contributed by atoms with Gasteiger partial charge in [-0.25, -0.2) is 9.69 Å². The van der Waals surface area contributed by atoms with Crippen LogP contribution >= 0.6 is 23.2 Å². The maximum Gasteiger partial charge on any atom is 0.422 e. The maximum absolute atomic E-state index is 13.1. The minimum absolute atomic E-state index is 0.127. The fourth-order valence-electron chi connectivity index (χ4n) is 3.54. The highest BCUT2D eigenvalue weighted by molar-refractivity contribution is 6.45. The molecule has 2 heterocycles. The number of halogens is 2. The number of nitrogens with zero attached hydrogens (tertiary/aromatic N) is 2. The van der Waals surface area contributed by atoms with Gasteiger partial charge in [-0.15, -0.1) is 0 Å². The van der Waals surface area contributed by atoms with E-state index in [0.717, 1.165) is 4.90 Å². The van der Waals surface area contributed by atoms with Crippen LogP contribution in [0.2, 0.25) is 10.0 Å². The summed E-state index contributed by atoms with van der Waals surface area (Å²) in [5.74, 6) is -0.620. The van der Waals surface area contributed by atoms with Crippen LogP contribution < -0.4 is 4.90 Å². The van der Waals surface area contributed by atoms with Gasteiger partial charge in [-0.05, 0) is 37.6 Å². The lowest BCUT2D eigenvalue weighted by Crippen LogP contribution is -2.44. The van der Waals surface area contributed by atoms with Crippen molar-refractivity contribution in [3.05, 3.63) is 63.1 Å². The number of hydrogen-bond donors (Lipinski definition) is 0. The topological polar surface area (TPSA) is 70.4 Å². The van der Waals surface area contributed by atoms with Crippen molar-refractivity contribution in [1.82, 2.24) is 0 Å². The number of anilines is 1. The zero-order chi connectivity index (χ0) is 19.5. The number of benzene rings is 2. The minimum Gasteiger partial charge on any atom is -0.438 e. The first-order chi connectivity index (χ1) is 12.8. The Kier molecular flexibility index (Phi) is 3.81. The lowest BCUT2D eigenvalue weighted by molar-refractivity contribution is -0.113. The van der Waals surface area contributed by atoms with Gasteiger partial charge in [0.2, 0.25) is 0 Å². The van der Waals surface area contributed by atoms with Crippen LogP contribution in [0.15, 0.2) is 36.4 Å². The number of carbonyl (C=O) groups excluding carboxylic acids is 2. The number of allylic oxidation sites excluding steroid dienone is 1. The highest BCUT2D eigenvalue weighted by Gasteiger charge is 2.50. The van der Waals surface area contributed by atoms with E-state index in [1.807, 2.05) is 0 Å². The van der Waals surface area contributed by atoms with Gasteiger partial charge in [0.15, 0.2) is 0 Å². The van der Waals surface area contributed by atoms with Crippen LogP contribution in [-0.4, -0.2) is 12.0 Å². The summed E-state index contributed by atoms with van der Waals surface area (Å²) in [6.45, 7) is 3.41. The van der Waals surface area contributed by atoms with E-state index >= 15 is 0 Å². The quantitative estimate of drug-likeness (QED) is 0.491. The molecule has 2 aromatic carbocycles. The van der Waals surface area contributed by atoms with Gasteiger partial charge in [-0.3, -0.25) is 4.79 Å². The van der Waals surface area contributed by atoms with E-state index in [2.05, 4.69) is 6.07 Å². The van der Waals surface area contributed by atoms with Crippen molar-refractivity contribution in [1.29, 1.82) is 5.26 Å². The fourth-order valence-corrected chi connectivity index (χ4v) is 4.11. The van der Waals surface area contributed by atoms with Gasteiger partial charge in [-0.1, -0.05) is 41.4 Å². The van der Waals surface area contributed by atoms with E-state index in [0.29, 0.717) is 32.4 Å². The molecule has 0 radical (unpaired) electrons. The third kappa shape index (κ3) is 2.45. The molecule has 0 aromatic heterocycles. The molecule has 2 aliphatic rings. The largest absolute Gasteiger partial charge is 0.438 e. The highest BCUT2D eigenvalue weighted by Crippen LogP contribution is 2.52. The van der Waals surface area contributed by atoms with Crippen LogP contribution in [-0.2, 0) is 15.1 Å². The first kappa shape index (κ1) is 17.6. The summed E-state index contributed by atoms with van der Waals surface area (Å²) in [4.78, 5) is 26.6. The summed E-state index contributed by atoms with van der Waals surface area (Å²) in [6.07, 6.45) is -0.792. The molecular weight excluding hydrogens is 387 g/mol. The number of imide groups is 1. The molecule has 4 rings (SSSR count). The molecule has 0 spiro atoms. The fraction of sp³-hybridized carbons (Fsp3) is 0.150. The molecular formula is C20H12Cl2N2O3. The minimum atomic E-state index is -1.01. The number of nitriles is 1. The summed E-state index contributed by atoms with van der Waals surface area (Å²) in [6, 6.07) is 12.0. The van der Waals surface area contributed by atoms with Crippen LogP contribution in [0.4, 0.5) is 10.5 Å². The number of cyclic esters (lactones) is 1. The van der Waals surface area contributed by atoms with Gasteiger partial charge < -0.3 is 4.74 Å². The SMILES string of the molecule is CC1(C)OC(=O)N2C(=O)/C(=C(\C#N)c3cccc(Cl)c3)c3ccc(Cl)c1c32. The van der Waals surface area contributed by atoms with Crippen LogP contribution in [0.25, 0.3) is 11.1 Å². The Morgan fingerprint density at radius 3 is 2.59 bits per heavy atom. The van der Waals surface area contributed by atoms with Crippen molar-refractivity contribution in [2.75, 3.05) is 4.90 Å². The molecule has 0 N–H and O–H groups in total. The molecule has 2 aromatic rings. The van der Waals surface area contributed by atoms with Crippen molar-refractivity contribution >= 4 is 52.0 Å². The van der Waals surface area contributed by atoms with Gasteiger partial charge in [0.05, 0.1) is 16.8 Å². The lowest BCUT2D eigenvalue weighted by atomic mass is 9.90. The Labute approximate surface area is 165 Å². The van der Waals surface area contributed by atoms with Gasteiger partial charge in [0, 0.05) is 21.2 Å². The van der Waals surface area contributed by atoms with Crippen LogP contribution in [0, 0.1) is 11.3 Å². The average molecular weight is 399 g/mol. The van der Waals surface area contributed by atoms with Crippen molar-refractivity contribution in [3.63, 3.8) is 0 Å². The monoisotopic (exact) mass is 398 g/mol. The molecule has 134 valence electrons. The maximum atomic E-state index is 13.1. The lowest BCUT2D eigenvalue weighted by Gasteiger charge is -2.36. The van der Waals surface area contributed by atoms with Crippen LogP contribution in [0.3, 0.4) is 0 Å². The number of hydrogen-bond acceptors (Lipinski definition) is 4. The molecule has 0 saturated heterocycles. The van der Waals surface area contributed by atoms with E-state index < -0.39 is 17.6 Å². The molecule has 0 fully saturated rings. The predicted octanol–water partition coefficient (Wildman–Crippen LogP) is 5.16. The molecule has 7 heteroatoms. The third-order valence-electron chi connectivity index (χ3n) is 4.64. The number of amides is 2. The second-order valence-corrected chi connectivity index (χ2v) is 7.55. The Bertz CT molecular complexity index is 1110. The molecule has 2 amide bonds. The Hall–Kier alpha value is -2.81. The van der Waals surface area contributed by atoms with Crippen molar-refractivity contribution in [3.8, 4) is 6.07 Å². The number of ether oxygens (including phenoxy) is 1. The first-order valence-electron chi connectivity index (χ1n) is 8.07. The van der Waals surface area contributed by atoms with E-state index in [1.165, 1.54) is 0 Å². The van der Waals surface area contributed by atoms with Crippen LogP contribution in [0.5, 0.6) is 0 Å². The van der Waals surface area contributed by atoms with Crippen molar-refractivity contribution < 1.29 is 14.3 Å². The van der Waals surface area contributed by atoms with Crippen molar-refractivity contribution in [2.24, 2.45) is 0 Å². The third-order valence-corrected chi connectivity index (χ3v) is 5.19. The standard InChI is InChI=1S/C20H12Cl2N2O3/c1-20(2)16-14(22)7-6-12-15(18(25)24(17(12)16)19(26)27-20)13(9-23)10-4-3-5-11(21)8-10/h3-8H,1-2H3/b15-13+. The summed E-state index contributed by atoms with van der Waals surface area (Å²) < 4.78 is 5.43. The number of rotatable bonds is 1. The zero-order valence-electron chi connectivity index (χ0n) is 14.3. The second-order valence-electron chi connectivity index (χ2n) is 6.71. The molecule has 0 atom stereocenters. The molecule has 0 aliphatic carbocycles. The second kappa shape index (κ2) is 5.85. The smallest absolute Gasteiger partial charge is 0.422 e. The van der Waals surface area contributed by atoms with E-state index in [1.54, 1.807) is 50.2 Å². The van der Waals surface area contributed by atoms with E-state index in [4.69, 9.17) is 27.9 Å². The molecule has 0 bridgehead atoms. The van der Waals surface area contributed by atoms with Crippen LogP contribution in [0.1, 0.15) is 30.5 Å². The number of carbonyl (C=O) groups is 2. The normalized spacial score (nSPS) is 18.7. The predicted molar refractivity (Wildman–Crippen MR) is 102 cm³/mol. The highest BCUT2D eigenvalue weighted by atomic mass is 35.5. The Balaban J connectivity index is 2.09. The van der Waals surface area contributed by atoms with E-state index in [9.17, 15) is 14.9 Å². The molecule has 2 aliphatic heterocycles. The summed E-state index contributed by atoms with van der Waals surface area (Å²) in [5.41, 5.74) is 1.13. The van der Waals surface area contributed by atoms with E-state index in [-0.39, 0.29) is 11.1 Å². The Morgan fingerprint density at radius 2 is 1.93 bits per heavy atom. The first-order valence-corrected chi connectivity index (χ1v) is 8.83. The van der Waals surface area contributed by atoms with Gasteiger partial charge in [0.1, 0.15) is 11.7 Å². The Morgan fingerprint density at radius 1 is 1.19 bits per heavy atom. The zero-order valence-corrected chi connectivity index (χ0v) is 15.9. The summed E-state index contributed by atoms with van der Waals surface area (Å²) >= 11 is 12.4. The molecule has 27 heavy (non-hydrogen) atoms. The summed E-state index contributed by atoms with van der Waals surface area (Å²) in [5, 5.41) is 10.6. The molecule has 0 unspecified atom stereocenters. The molecule has 0 saturated carbocycles. The van der Waals surface area contributed by atoms with Gasteiger partial charge in [0.25, 0.3) is 5.91 Å². The van der Waals surface area contributed by atoms with Gasteiger partial charge >= 0.3 is 6.09 Å².